The van der Waals surface area contributed by atoms with Gasteiger partial charge in [0.1, 0.15) is 17.3 Å². The van der Waals surface area contributed by atoms with E-state index in [0.717, 1.165) is 31.4 Å². The number of hydrogen-bond donors (Lipinski definition) is 1. The second-order valence-corrected chi connectivity index (χ2v) is 8.89. The number of benzene rings is 1. The van der Waals surface area contributed by atoms with Crippen LogP contribution in [0.15, 0.2) is 45.7 Å². The molecule has 1 aromatic heterocycles. The molecule has 1 N–H and O–H groups in total. The topological polar surface area (TPSA) is 88.9 Å². The van der Waals surface area contributed by atoms with Gasteiger partial charge in [0.15, 0.2) is 0 Å². The van der Waals surface area contributed by atoms with Crippen molar-refractivity contribution in [3.05, 3.63) is 47.9 Å². The lowest BCUT2D eigenvalue weighted by Gasteiger charge is -2.20. The summed E-state index contributed by atoms with van der Waals surface area (Å²) in [5.74, 6) is 1.28. The Hall–Kier alpha value is -2.58. The molecule has 0 saturated carbocycles. The number of furan rings is 1. The van der Waals surface area contributed by atoms with Crippen LogP contribution >= 0.6 is 0 Å². The summed E-state index contributed by atoms with van der Waals surface area (Å²) >= 11 is 0. The van der Waals surface area contributed by atoms with Crippen molar-refractivity contribution >= 4 is 27.7 Å². The highest BCUT2D eigenvalue weighted by molar-refractivity contribution is 7.89. The van der Waals surface area contributed by atoms with E-state index in [1.165, 1.54) is 29.6 Å². The molecule has 2 heterocycles. The first kappa shape index (κ1) is 21.1. The Morgan fingerprint density at radius 3 is 2.48 bits per heavy atom. The molecule has 3 rings (SSSR count). The number of carbonyl (C=O) groups is 1. The molecule has 156 valence electrons. The Labute approximate surface area is 171 Å². The molecule has 0 bridgehead atoms. The van der Waals surface area contributed by atoms with E-state index in [0.29, 0.717) is 30.3 Å². The summed E-state index contributed by atoms with van der Waals surface area (Å²) in [5, 5.41) is 2.69. The fourth-order valence-electron chi connectivity index (χ4n) is 3.25. The summed E-state index contributed by atoms with van der Waals surface area (Å²) < 4.78 is 38.3. The second kappa shape index (κ2) is 9.28. The van der Waals surface area contributed by atoms with Gasteiger partial charge >= 0.3 is 0 Å². The SMILES string of the molecule is COc1ccc(S(=O)(=O)N2CCCCCC2)cc1NC(=O)/C=C\c1ccc(C)o1. The lowest BCUT2D eigenvalue weighted by Crippen LogP contribution is -2.32. The normalized spacial score (nSPS) is 15.9. The van der Waals surface area contributed by atoms with Gasteiger partial charge in [-0.2, -0.15) is 4.31 Å². The summed E-state index contributed by atoms with van der Waals surface area (Å²) in [6.45, 7) is 2.85. The monoisotopic (exact) mass is 418 g/mol. The van der Waals surface area contributed by atoms with Gasteiger partial charge in [-0.3, -0.25) is 4.79 Å². The quantitative estimate of drug-likeness (QED) is 0.721. The van der Waals surface area contributed by atoms with Gasteiger partial charge < -0.3 is 14.5 Å². The van der Waals surface area contributed by atoms with Gasteiger partial charge in [0.05, 0.1) is 17.7 Å². The minimum Gasteiger partial charge on any atom is -0.495 e. The van der Waals surface area contributed by atoms with Crippen LogP contribution in [0.5, 0.6) is 5.75 Å². The van der Waals surface area contributed by atoms with Crippen molar-refractivity contribution in [2.45, 2.75) is 37.5 Å². The third-order valence-corrected chi connectivity index (χ3v) is 6.69. The number of carbonyl (C=O) groups excluding carboxylic acids is 1. The van der Waals surface area contributed by atoms with Crippen LogP contribution in [0.2, 0.25) is 0 Å². The van der Waals surface area contributed by atoms with Crippen molar-refractivity contribution in [1.29, 1.82) is 0 Å². The maximum absolute atomic E-state index is 13.0. The Morgan fingerprint density at radius 2 is 1.86 bits per heavy atom. The first-order valence-electron chi connectivity index (χ1n) is 9.64. The lowest BCUT2D eigenvalue weighted by atomic mass is 10.2. The predicted octanol–water partition coefficient (Wildman–Crippen LogP) is 3.81. The van der Waals surface area contributed by atoms with Crippen LogP contribution in [0.4, 0.5) is 5.69 Å². The lowest BCUT2D eigenvalue weighted by molar-refractivity contribution is -0.111. The van der Waals surface area contributed by atoms with Crippen LogP contribution in [-0.2, 0) is 14.8 Å². The smallest absolute Gasteiger partial charge is 0.248 e. The van der Waals surface area contributed by atoms with Gasteiger partial charge in [-0.05, 0) is 56.2 Å². The number of sulfonamides is 1. The summed E-state index contributed by atoms with van der Waals surface area (Å²) in [4.78, 5) is 12.5. The van der Waals surface area contributed by atoms with Gasteiger partial charge in [0, 0.05) is 19.2 Å². The third-order valence-electron chi connectivity index (χ3n) is 4.79. The number of amides is 1. The van der Waals surface area contributed by atoms with Gasteiger partial charge in [0.2, 0.25) is 15.9 Å². The minimum atomic E-state index is -3.63. The van der Waals surface area contributed by atoms with E-state index in [2.05, 4.69) is 5.32 Å². The van der Waals surface area contributed by atoms with E-state index in [9.17, 15) is 13.2 Å². The average molecular weight is 419 g/mol. The molecule has 0 spiro atoms. The number of nitrogens with one attached hydrogen (secondary N) is 1. The Balaban J connectivity index is 1.81. The average Bonchev–Trinajstić information content (AvgIpc) is 2.94. The van der Waals surface area contributed by atoms with Crippen LogP contribution in [-0.4, -0.2) is 38.8 Å². The number of nitrogens with zero attached hydrogens (tertiary/aromatic N) is 1. The standard InChI is InChI=1S/C21H26N2O5S/c1-16-7-8-17(28-16)9-12-21(24)22-19-15-18(10-11-20(19)27-2)29(25,26)23-13-5-3-4-6-14-23/h7-12,15H,3-6,13-14H2,1-2H3,(H,22,24)/b12-9-. The molecule has 0 aliphatic carbocycles. The van der Waals surface area contributed by atoms with E-state index < -0.39 is 15.9 Å². The van der Waals surface area contributed by atoms with Crippen molar-refractivity contribution in [1.82, 2.24) is 4.31 Å². The molecular weight excluding hydrogens is 392 g/mol. The van der Waals surface area contributed by atoms with E-state index in [1.807, 2.05) is 6.92 Å². The van der Waals surface area contributed by atoms with Gasteiger partial charge in [0.25, 0.3) is 0 Å². The summed E-state index contributed by atoms with van der Waals surface area (Å²) in [6.07, 6.45) is 6.67. The highest BCUT2D eigenvalue weighted by Gasteiger charge is 2.26. The van der Waals surface area contributed by atoms with Crippen molar-refractivity contribution < 1.29 is 22.4 Å². The van der Waals surface area contributed by atoms with Crippen molar-refractivity contribution in [3.63, 3.8) is 0 Å². The zero-order valence-electron chi connectivity index (χ0n) is 16.7. The molecule has 1 amide bonds. The number of methoxy groups -OCH3 is 1. The van der Waals surface area contributed by atoms with E-state index >= 15 is 0 Å². The largest absolute Gasteiger partial charge is 0.495 e. The molecule has 1 saturated heterocycles. The molecule has 1 fully saturated rings. The van der Waals surface area contributed by atoms with Gasteiger partial charge in [-0.25, -0.2) is 8.42 Å². The molecular formula is C21H26N2O5S. The van der Waals surface area contributed by atoms with Crippen molar-refractivity contribution in [3.8, 4) is 5.75 Å². The number of anilines is 1. The molecule has 0 unspecified atom stereocenters. The Bertz CT molecular complexity index is 986. The van der Waals surface area contributed by atoms with Crippen LogP contribution in [0, 0.1) is 6.92 Å². The number of aryl methyl sites for hydroxylation is 1. The molecule has 29 heavy (non-hydrogen) atoms. The van der Waals surface area contributed by atoms with E-state index in [4.69, 9.17) is 9.15 Å². The second-order valence-electron chi connectivity index (χ2n) is 6.95. The molecule has 1 aliphatic heterocycles. The van der Waals surface area contributed by atoms with E-state index in [-0.39, 0.29) is 4.90 Å². The number of ether oxygens (including phenoxy) is 1. The maximum atomic E-state index is 13.0. The molecule has 1 aliphatic rings. The molecule has 0 radical (unpaired) electrons. The van der Waals surface area contributed by atoms with Crippen LogP contribution < -0.4 is 10.1 Å². The summed E-state index contributed by atoms with van der Waals surface area (Å²) in [6, 6.07) is 8.07. The van der Waals surface area contributed by atoms with Crippen LogP contribution in [0.25, 0.3) is 6.08 Å². The zero-order chi connectivity index (χ0) is 20.9. The predicted molar refractivity (Wildman–Crippen MR) is 111 cm³/mol. The Kier molecular flexibility index (Phi) is 6.76. The molecule has 2 aromatic rings. The Morgan fingerprint density at radius 1 is 1.14 bits per heavy atom. The molecule has 0 atom stereocenters. The fourth-order valence-corrected chi connectivity index (χ4v) is 4.80. The number of rotatable bonds is 6. The van der Waals surface area contributed by atoms with Crippen molar-refractivity contribution in [2.24, 2.45) is 0 Å². The third kappa shape index (κ3) is 5.27. The zero-order valence-corrected chi connectivity index (χ0v) is 17.5. The highest BCUT2D eigenvalue weighted by Crippen LogP contribution is 2.30. The van der Waals surface area contributed by atoms with Gasteiger partial charge in [-0.1, -0.05) is 12.8 Å². The van der Waals surface area contributed by atoms with Crippen molar-refractivity contribution in [2.75, 3.05) is 25.5 Å². The fraction of sp³-hybridized carbons (Fsp3) is 0.381. The summed E-state index contributed by atoms with van der Waals surface area (Å²) in [5.41, 5.74) is 0.300. The first-order chi connectivity index (χ1) is 13.9. The highest BCUT2D eigenvalue weighted by atomic mass is 32.2. The molecule has 7 nitrogen and oxygen atoms in total. The maximum Gasteiger partial charge on any atom is 0.248 e. The van der Waals surface area contributed by atoms with E-state index in [1.54, 1.807) is 24.3 Å². The summed E-state index contributed by atoms with van der Waals surface area (Å²) in [7, 11) is -2.16. The van der Waals surface area contributed by atoms with Crippen LogP contribution in [0.1, 0.15) is 37.2 Å². The van der Waals surface area contributed by atoms with Crippen LogP contribution in [0.3, 0.4) is 0 Å². The minimum absolute atomic E-state index is 0.140. The van der Waals surface area contributed by atoms with Gasteiger partial charge in [-0.15, -0.1) is 0 Å². The first-order valence-corrected chi connectivity index (χ1v) is 11.1. The molecule has 8 heteroatoms. The number of hydrogen-bond acceptors (Lipinski definition) is 5. The molecule has 1 aromatic carbocycles.